The number of carbonyl (C=O) groups excluding carboxylic acids is 1. The number of nitrogens with two attached hydrogens (primary N) is 1. The number of hydrogen-bond donors (Lipinski definition) is 2. The van der Waals surface area contributed by atoms with Crippen molar-refractivity contribution in [2.24, 2.45) is 5.14 Å². The number of primary sulfonamides is 1. The first-order chi connectivity index (χ1) is 11.4. The first-order valence-electron chi connectivity index (χ1n) is 7.57. The summed E-state index contributed by atoms with van der Waals surface area (Å²) in [5, 5.41) is 7.80. The van der Waals surface area contributed by atoms with Gasteiger partial charge in [0.15, 0.2) is 0 Å². The van der Waals surface area contributed by atoms with Crippen LogP contribution in [0.2, 0.25) is 0 Å². The van der Waals surface area contributed by atoms with E-state index in [9.17, 15) is 13.2 Å². The summed E-state index contributed by atoms with van der Waals surface area (Å²) in [4.78, 5) is 14.2. The van der Waals surface area contributed by atoms with Gasteiger partial charge in [0.2, 0.25) is 15.9 Å². The molecule has 0 atom stereocenters. The van der Waals surface area contributed by atoms with Gasteiger partial charge in [0.1, 0.15) is 0 Å². The maximum atomic E-state index is 12.2. The third kappa shape index (κ3) is 5.45. The highest BCUT2D eigenvalue weighted by Gasteiger charge is 2.12. The van der Waals surface area contributed by atoms with Crippen LogP contribution in [-0.2, 0) is 21.4 Å². The molecule has 2 rings (SSSR count). The van der Waals surface area contributed by atoms with Crippen LogP contribution in [0.15, 0.2) is 59.5 Å². The number of amides is 1. The van der Waals surface area contributed by atoms with Gasteiger partial charge in [-0.2, -0.15) is 0 Å². The average molecular weight is 347 g/mol. The van der Waals surface area contributed by atoms with Crippen molar-refractivity contribution in [3.63, 3.8) is 0 Å². The minimum atomic E-state index is -3.79. The Morgan fingerprint density at radius 2 is 1.83 bits per heavy atom. The molecule has 0 aliphatic heterocycles. The summed E-state index contributed by atoms with van der Waals surface area (Å²) >= 11 is 0. The number of benzene rings is 2. The molecule has 24 heavy (non-hydrogen) atoms. The summed E-state index contributed by atoms with van der Waals surface area (Å²) < 4.78 is 22.7. The lowest BCUT2D eigenvalue weighted by molar-refractivity contribution is -0.117. The predicted molar refractivity (Wildman–Crippen MR) is 93.8 cm³/mol. The van der Waals surface area contributed by atoms with Crippen LogP contribution in [0.25, 0.3) is 0 Å². The Bertz CT molecular complexity index is 792. The molecule has 2 aromatic rings. The fourth-order valence-electron chi connectivity index (χ4n) is 2.28. The third-order valence-electron chi connectivity index (χ3n) is 3.51. The second-order valence-corrected chi connectivity index (χ2v) is 6.97. The molecular weight excluding hydrogens is 326 g/mol. The summed E-state index contributed by atoms with van der Waals surface area (Å²) in [7, 11) is -3.79. The molecule has 128 valence electrons. The maximum Gasteiger partial charge on any atom is 0.238 e. The van der Waals surface area contributed by atoms with Gasteiger partial charge in [0, 0.05) is 12.2 Å². The zero-order valence-electron chi connectivity index (χ0n) is 13.5. The van der Waals surface area contributed by atoms with E-state index in [1.54, 1.807) is 6.07 Å². The Labute approximate surface area is 142 Å². The third-order valence-corrected chi connectivity index (χ3v) is 4.42. The van der Waals surface area contributed by atoms with Crippen LogP contribution >= 0.6 is 0 Å². The molecule has 0 aliphatic carbocycles. The van der Waals surface area contributed by atoms with Gasteiger partial charge in [0.25, 0.3) is 0 Å². The van der Waals surface area contributed by atoms with Gasteiger partial charge in [-0.1, -0.05) is 43.3 Å². The predicted octanol–water partition coefficient (Wildman–Crippen LogP) is 1.79. The second kappa shape index (κ2) is 8.05. The molecule has 0 aromatic heterocycles. The quantitative estimate of drug-likeness (QED) is 0.799. The van der Waals surface area contributed by atoms with Crippen molar-refractivity contribution in [2.75, 3.05) is 18.4 Å². The monoisotopic (exact) mass is 347 g/mol. The zero-order valence-corrected chi connectivity index (χ0v) is 14.3. The fourth-order valence-corrected chi connectivity index (χ4v) is 2.84. The summed E-state index contributed by atoms with van der Waals surface area (Å²) in [5.41, 5.74) is 1.53. The van der Waals surface area contributed by atoms with E-state index in [0.717, 1.165) is 12.1 Å². The normalized spacial score (nSPS) is 11.5. The highest BCUT2D eigenvalue weighted by atomic mass is 32.2. The molecule has 6 nitrogen and oxygen atoms in total. The average Bonchev–Trinajstić information content (AvgIpc) is 2.54. The van der Waals surface area contributed by atoms with Crippen molar-refractivity contribution < 1.29 is 13.2 Å². The van der Waals surface area contributed by atoms with Crippen LogP contribution in [0, 0.1) is 0 Å². The van der Waals surface area contributed by atoms with Gasteiger partial charge in [-0.15, -0.1) is 0 Å². The molecule has 0 saturated carbocycles. The number of likely N-dealkylation sites (N-methyl/N-ethyl adjacent to an activating group) is 1. The molecular formula is C17H21N3O3S. The number of nitrogens with one attached hydrogen (secondary N) is 1. The smallest absolute Gasteiger partial charge is 0.238 e. The number of carbonyl (C=O) groups is 1. The Hall–Kier alpha value is -2.22. The summed E-state index contributed by atoms with van der Waals surface area (Å²) in [6.07, 6.45) is 0. The topological polar surface area (TPSA) is 92.5 Å². The van der Waals surface area contributed by atoms with Crippen LogP contribution in [0.4, 0.5) is 5.69 Å². The number of nitrogens with zero attached hydrogens (tertiary/aromatic N) is 1. The molecule has 0 fully saturated rings. The van der Waals surface area contributed by atoms with Crippen molar-refractivity contribution in [3.05, 3.63) is 60.2 Å². The van der Waals surface area contributed by atoms with Crippen molar-refractivity contribution in [1.82, 2.24) is 4.90 Å². The highest BCUT2D eigenvalue weighted by Crippen LogP contribution is 2.14. The summed E-state index contributed by atoms with van der Waals surface area (Å²) in [5.74, 6) is -0.209. The fraction of sp³-hybridized carbons (Fsp3) is 0.235. The summed E-state index contributed by atoms with van der Waals surface area (Å²) in [6.45, 7) is 3.59. The molecule has 0 saturated heterocycles. The van der Waals surface area contributed by atoms with Gasteiger partial charge in [-0.05, 0) is 30.3 Å². The minimum absolute atomic E-state index is 0.0306. The molecule has 0 spiro atoms. The Morgan fingerprint density at radius 3 is 2.46 bits per heavy atom. The van der Waals surface area contributed by atoms with E-state index >= 15 is 0 Å². The second-order valence-electron chi connectivity index (χ2n) is 5.41. The van der Waals surface area contributed by atoms with Crippen molar-refractivity contribution in [3.8, 4) is 0 Å². The largest absolute Gasteiger partial charge is 0.325 e. The lowest BCUT2D eigenvalue weighted by atomic mass is 10.2. The summed E-state index contributed by atoms with van der Waals surface area (Å²) in [6, 6.07) is 15.8. The van der Waals surface area contributed by atoms with E-state index in [0.29, 0.717) is 12.2 Å². The highest BCUT2D eigenvalue weighted by molar-refractivity contribution is 7.89. The van der Waals surface area contributed by atoms with Crippen LogP contribution < -0.4 is 10.5 Å². The first-order valence-corrected chi connectivity index (χ1v) is 9.12. The molecule has 2 aromatic carbocycles. The molecule has 0 radical (unpaired) electrons. The molecule has 1 amide bonds. The van der Waals surface area contributed by atoms with E-state index in [1.165, 1.54) is 18.2 Å². The first kappa shape index (κ1) is 18.1. The van der Waals surface area contributed by atoms with Crippen LogP contribution in [0.1, 0.15) is 12.5 Å². The molecule has 0 unspecified atom stereocenters. The van der Waals surface area contributed by atoms with Gasteiger partial charge in [0.05, 0.1) is 11.4 Å². The lowest BCUT2D eigenvalue weighted by Gasteiger charge is -2.20. The van der Waals surface area contributed by atoms with E-state index in [-0.39, 0.29) is 17.3 Å². The SMILES string of the molecule is CCN(CC(=O)Nc1cccc(S(N)(=O)=O)c1)Cc1ccccc1. The molecule has 0 bridgehead atoms. The number of rotatable bonds is 7. The minimum Gasteiger partial charge on any atom is -0.325 e. The number of anilines is 1. The molecule has 0 heterocycles. The molecule has 3 N–H and O–H groups in total. The van der Waals surface area contributed by atoms with Gasteiger partial charge in [-0.25, -0.2) is 13.6 Å². The van der Waals surface area contributed by atoms with Crippen LogP contribution in [0.5, 0.6) is 0 Å². The van der Waals surface area contributed by atoms with Gasteiger partial charge >= 0.3 is 0 Å². The van der Waals surface area contributed by atoms with E-state index in [1.807, 2.05) is 42.2 Å². The lowest BCUT2D eigenvalue weighted by Crippen LogP contribution is -2.32. The van der Waals surface area contributed by atoms with Crippen molar-refractivity contribution in [1.29, 1.82) is 0 Å². The van der Waals surface area contributed by atoms with E-state index < -0.39 is 10.0 Å². The van der Waals surface area contributed by atoms with Crippen molar-refractivity contribution >= 4 is 21.6 Å². The van der Waals surface area contributed by atoms with Crippen molar-refractivity contribution in [2.45, 2.75) is 18.4 Å². The molecule has 7 heteroatoms. The Balaban J connectivity index is 1.99. The van der Waals surface area contributed by atoms with E-state index in [2.05, 4.69) is 5.32 Å². The van der Waals surface area contributed by atoms with E-state index in [4.69, 9.17) is 5.14 Å². The Kier molecular flexibility index (Phi) is 6.08. The van der Waals surface area contributed by atoms with Crippen LogP contribution in [-0.4, -0.2) is 32.3 Å². The van der Waals surface area contributed by atoms with Gasteiger partial charge < -0.3 is 5.32 Å². The van der Waals surface area contributed by atoms with Crippen LogP contribution in [0.3, 0.4) is 0 Å². The standard InChI is InChI=1S/C17H21N3O3S/c1-2-20(12-14-7-4-3-5-8-14)13-17(21)19-15-9-6-10-16(11-15)24(18,22)23/h3-11H,2,12-13H2,1H3,(H,19,21)(H2,18,22,23). The Morgan fingerprint density at radius 1 is 1.12 bits per heavy atom. The number of hydrogen-bond acceptors (Lipinski definition) is 4. The number of sulfonamides is 1. The maximum absolute atomic E-state index is 12.2. The molecule has 0 aliphatic rings. The zero-order chi connectivity index (χ0) is 17.6. The van der Waals surface area contributed by atoms with Gasteiger partial charge in [-0.3, -0.25) is 9.69 Å².